The number of aromatic nitrogens is 2. The molecule has 20 heavy (non-hydrogen) atoms. The van der Waals surface area contributed by atoms with Crippen LogP contribution in [0.5, 0.6) is 0 Å². The Bertz CT molecular complexity index is 808. The zero-order chi connectivity index (χ0) is 14.1. The van der Waals surface area contributed by atoms with Crippen LogP contribution in [-0.4, -0.2) is 15.7 Å². The average Bonchev–Trinajstić information content (AvgIpc) is 2.98. The molecule has 0 N–H and O–H groups in total. The molecule has 0 saturated carbocycles. The Morgan fingerprint density at radius 1 is 1.40 bits per heavy atom. The summed E-state index contributed by atoms with van der Waals surface area (Å²) in [5.74, 6) is 3.20. The van der Waals surface area contributed by atoms with Crippen LogP contribution in [-0.2, 0) is 0 Å². The van der Waals surface area contributed by atoms with E-state index in [1.54, 1.807) is 17.5 Å². The van der Waals surface area contributed by atoms with Crippen LogP contribution >= 0.6 is 34.4 Å². The summed E-state index contributed by atoms with van der Waals surface area (Å²) in [5, 5.41) is 4.34. The van der Waals surface area contributed by atoms with Crippen LogP contribution in [0.25, 0.3) is 20.0 Å². The lowest BCUT2D eigenvalue weighted by Gasteiger charge is -2.02. The average molecular weight is 316 g/mol. The van der Waals surface area contributed by atoms with Gasteiger partial charge in [-0.05, 0) is 36.4 Å². The molecule has 0 amide bonds. The molecule has 0 fully saturated rings. The van der Waals surface area contributed by atoms with E-state index in [0.717, 1.165) is 10.9 Å². The summed E-state index contributed by atoms with van der Waals surface area (Å²) < 4.78 is 1.37. The van der Waals surface area contributed by atoms with Gasteiger partial charge in [-0.3, -0.25) is 0 Å². The van der Waals surface area contributed by atoms with Crippen LogP contribution in [0, 0.1) is 26.2 Å². The van der Waals surface area contributed by atoms with Gasteiger partial charge in [-0.2, -0.15) is 0 Å². The summed E-state index contributed by atoms with van der Waals surface area (Å²) in [7, 11) is 0. The Balaban J connectivity index is 2.06. The Labute approximate surface area is 130 Å². The van der Waals surface area contributed by atoms with Gasteiger partial charge >= 0.3 is 0 Å². The maximum absolute atomic E-state index is 5.28. The lowest BCUT2D eigenvalue weighted by Crippen LogP contribution is -1.89. The highest BCUT2D eigenvalue weighted by atomic mass is 32.2. The summed E-state index contributed by atoms with van der Waals surface area (Å²) in [4.78, 5) is 10.1. The summed E-state index contributed by atoms with van der Waals surface area (Å²) in [6.07, 6.45) is 7.09. The quantitative estimate of drug-likeness (QED) is 0.396. The number of aryl methyl sites for hydroxylation is 2. The summed E-state index contributed by atoms with van der Waals surface area (Å²) in [6, 6.07) is 1.97. The molecule has 0 atom stereocenters. The van der Waals surface area contributed by atoms with E-state index in [1.165, 1.54) is 37.2 Å². The van der Waals surface area contributed by atoms with Crippen molar-refractivity contribution in [3.8, 4) is 22.9 Å². The number of thiophene rings is 2. The van der Waals surface area contributed by atoms with E-state index in [4.69, 9.17) is 6.42 Å². The Kier molecular flexibility index (Phi) is 3.79. The van der Waals surface area contributed by atoms with Crippen LogP contribution < -0.4 is 0 Å². The number of nitrogens with zero attached hydrogens (tertiary/aromatic N) is 2. The largest absolute Gasteiger partial charge is 0.231 e. The molecule has 0 unspecified atom stereocenters. The van der Waals surface area contributed by atoms with Crippen LogP contribution in [0.4, 0.5) is 0 Å². The van der Waals surface area contributed by atoms with E-state index in [1.807, 2.05) is 17.4 Å². The van der Waals surface area contributed by atoms with Crippen molar-refractivity contribution in [1.82, 2.24) is 9.97 Å². The number of rotatable bonds is 3. The highest BCUT2D eigenvalue weighted by Crippen LogP contribution is 2.42. The molecule has 3 aromatic rings. The first kappa shape index (κ1) is 13.6. The summed E-state index contributed by atoms with van der Waals surface area (Å²) in [5.41, 5.74) is 3.65. The predicted molar refractivity (Wildman–Crippen MR) is 89.8 cm³/mol. The maximum atomic E-state index is 5.28. The fourth-order valence-electron chi connectivity index (χ4n) is 2.11. The van der Waals surface area contributed by atoms with Gasteiger partial charge in [0.2, 0.25) is 0 Å². The van der Waals surface area contributed by atoms with Crippen LogP contribution in [0.3, 0.4) is 0 Å². The Hall–Kier alpha value is -1.35. The third kappa shape index (κ3) is 2.35. The van der Waals surface area contributed by atoms with Crippen molar-refractivity contribution in [2.24, 2.45) is 0 Å². The minimum Gasteiger partial charge on any atom is -0.231 e. The minimum absolute atomic E-state index is 0.598. The smallest absolute Gasteiger partial charge is 0.189 e. The van der Waals surface area contributed by atoms with E-state index < -0.39 is 0 Å². The molecule has 0 aliphatic rings. The van der Waals surface area contributed by atoms with E-state index in [-0.39, 0.29) is 0 Å². The highest BCUT2D eigenvalue weighted by molar-refractivity contribution is 7.99. The summed E-state index contributed by atoms with van der Waals surface area (Å²) in [6.45, 7) is 4.33. The van der Waals surface area contributed by atoms with Gasteiger partial charge in [0.15, 0.2) is 5.16 Å². The van der Waals surface area contributed by atoms with Crippen molar-refractivity contribution >= 4 is 43.8 Å². The van der Waals surface area contributed by atoms with Gasteiger partial charge in [-0.1, -0.05) is 17.7 Å². The van der Waals surface area contributed by atoms with Gasteiger partial charge in [-0.15, -0.1) is 29.1 Å². The van der Waals surface area contributed by atoms with Crippen molar-refractivity contribution in [3.05, 3.63) is 28.8 Å². The van der Waals surface area contributed by atoms with Gasteiger partial charge in [0.25, 0.3) is 0 Å². The normalized spacial score (nSPS) is 10.8. The molecular weight excluding hydrogens is 304 g/mol. The van der Waals surface area contributed by atoms with Crippen LogP contribution in [0.15, 0.2) is 22.8 Å². The first-order chi connectivity index (χ1) is 9.70. The topological polar surface area (TPSA) is 25.8 Å². The molecule has 3 aromatic heterocycles. The Morgan fingerprint density at radius 2 is 2.25 bits per heavy atom. The van der Waals surface area contributed by atoms with Crippen molar-refractivity contribution in [2.45, 2.75) is 19.0 Å². The molecule has 0 aromatic carbocycles. The fourth-order valence-corrected chi connectivity index (χ4v) is 5.12. The van der Waals surface area contributed by atoms with Crippen molar-refractivity contribution < 1.29 is 0 Å². The lowest BCUT2D eigenvalue weighted by atomic mass is 10.1. The lowest BCUT2D eigenvalue weighted by molar-refractivity contribution is 0.976. The van der Waals surface area contributed by atoms with E-state index in [2.05, 4.69) is 35.1 Å². The molecule has 0 saturated heterocycles. The minimum atomic E-state index is 0.598. The molecule has 0 bridgehead atoms. The van der Waals surface area contributed by atoms with Crippen LogP contribution in [0.1, 0.15) is 11.1 Å². The second-order valence-electron chi connectivity index (χ2n) is 4.35. The highest BCUT2D eigenvalue weighted by Gasteiger charge is 2.15. The number of hydrogen-bond donors (Lipinski definition) is 0. The second-order valence-corrected chi connectivity index (χ2v) is 7.46. The third-order valence-electron chi connectivity index (χ3n) is 3.00. The molecule has 3 heterocycles. The Morgan fingerprint density at radius 3 is 3.00 bits per heavy atom. The monoisotopic (exact) mass is 316 g/mol. The van der Waals surface area contributed by atoms with Gasteiger partial charge in [-0.25, -0.2) is 9.97 Å². The molecule has 0 aliphatic heterocycles. The molecule has 100 valence electrons. The molecule has 2 nitrogen and oxygen atoms in total. The van der Waals surface area contributed by atoms with Crippen LogP contribution in [0.2, 0.25) is 0 Å². The SMILES string of the molecule is C#CCSc1nccc(-c2sc3scc(C)c3c2C)n1. The van der Waals surface area contributed by atoms with Crippen molar-refractivity contribution in [3.63, 3.8) is 0 Å². The summed E-state index contributed by atoms with van der Waals surface area (Å²) >= 11 is 5.11. The molecular formula is C15H12N2S3. The van der Waals surface area contributed by atoms with Crippen molar-refractivity contribution in [2.75, 3.05) is 5.75 Å². The van der Waals surface area contributed by atoms with E-state index >= 15 is 0 Å². The van der Waals surface area contributed by atoms with Gasteiger partial charge in [0.1, 0.15) is 0 Å². The van der Waals surface area contributed by atoms with Gasteiger partial charge in [0, 0.05) is 11.6 Å². The van der Waals surface area contributed by atoms with E-state index in [0.29, 0.717) is 5.75 Å². The molecule has 5 heteroatoms. The zero-order valence-corrected chi connectivity index (χ0v) is 13.6. The van der Waals surface area contributed by atoms with E-state index in [9.17, 15) is 0 Å². The van der Waals surface area contributed by atoms with Gasteiger partial charge in [0.05, 0.1) is 20.3 Å². The molecule has 0 spiro atoms. The first-order valence-electron chi connectivity index (χ1n) is 6.07. The van der Waals surface area contributed by atoms with Gasteiger partial charge < -0.3 is 0 Å². The second kappa shape index (κ2) is 5.57. The fraction of sp³-hybridized carbons (Fsp3) is 0.200. The molecule has 0 radical (unpaired) electrons. The number of fused-ring (bicyclic) bond motifs is 1. The first-order valence-corrected chi connectivity index (χ1v) is 8.75. The predicted octanol–water partition coefficient (Wildman–Crippen LogP) is 4.76. The number of hydrogen-bond acceptors (Lipinski definition) is 5. The standard InChI is InChI=1S/C15H12N2S3/c1-4-7-18-15-16-6-5-11(17-15)13-10(3)12-9(2)8-19-14(12)20-13/h1,5-6,8H,7H2,2-3H3. The molecule has 3 rings (SSSR count). The number of thioether (sulfide) groups is 1. The third-order valence-corrected chi connectivity index (χ3v) is 6.31. The zero-order valence-electron chi connectivity index (χ0n) is 11.1. The molecule has 0 aliphatic carbocycles. The maximum Gasteiger partial charge on any atom is 0.189 e. The van der Waals surface area contributed by atoms with Crippen molar-refractivity contribution in [1.29, 1.82) is 0 Å². The number of terminal acetylenes is 1.